The molecular weight excluding hydrogens is 428 g/mol. The molecule has 0 aliphatic carbocycles. The van der Waals surface area contributed by atoms with Crippen molar-refractivity contribution in [2.75, 3.05) is 39.0 Å². The number of sulfonamides is 1. The smallest absolute Gasteiger partial charge is 0.342 e. The number of carbonyl (C=O) groups is 2. The van der Waals surface area contributed by atoms with Gasteiger partial charge >= 0.3 is 5.97 Å². The fourth-order valence-corrected chi connectivity index (χ4v) is 5.99. The third-order valence-electron chi connectivity index (χ3n) is 4.89. The van der Waals surface area contributed by atoms with Crippen LogP contribution in [0, 0.1) is 13.8 Å². The Morgan fingerprint density at radius 3 is 2.30 bits per heavy atom. The van der Waals surface area contributed by atoms with Crippen LogP contribution in [-0.2, 0) is 19.6 Å². The van der Waals surface area contributed by atoms with E-state index in [4.69, 9.17) is 9.15 Å². The summed E-state index contributed by atoms with van der Waals surface area (Å²) in [7, 11) is -2.77. The maximum atomic E-state index is 13.2. The Hall–Kier alpha value is -2.30. The predicted molar refractivity (Wildman–Crippen MR) is 112 cm³/mol. The second-order valence-electron chi connectivity index (χ2n) is 6.80. The first-order valence-electron chi connectivity index (χ1n) is 9.39. The highest BCUT2D eigenvalue weighted by molar-refractivity contribution is 8.00. The number of amides is 1. The number of furan rings is 1. The van der Waals surface area contributed by atoms with Crippen molar-refractivity contribution in [1.82, 2.24) is 9.21 Å². The van der Waals surface area contributed by atoms with E-state index in [0.717, 1.165) is 4.90 Å². The first-order valence-corrected chi connectivity index (χ1v) is 11.8. The molecule has 1 fully saturated rings. The Balaban J connectivity index is 1.67. The third-order valence-corrected chi connectivity index (χ3v) is 7.94. The summed E-state index contributed by atoms with van der Waals surface area (Å²) >= 11 is 1.45. The van der Waals surface area contributed by atoms with Crippen LogP contribution in [0.4, 0.5) is 0 Å². The molecule has 0 radical (unpaired) electrons. The lowest BCUT2D eigenvalue weighted by atomic mass is 10.2. The number of thioether (sulfide) groups is 1. The van der Waals surface area contributed by atoms with Crippen molar-refractivity contribution in [2.45, 2.75) is 23.6 Å². The van der Waals surface area contributed by atoms with E-state index in [1.54, 1.807) is 4.90 Å². The van der Waals surface area contributed by atoms with Gasteiger partial charge in [-0.3, -0.25) is 4.79 Å². The molecule has 0 spiro atoms. The highest BCUT2D eigenvalue weighted by atomic mass is 32.2. The molecule has 0 N–H and O–H groups in total. The van der Waals surface area contributed by atoms with Gasteiger partial charge < -0.3 is 14.1 Å². The molecule has 0 saturated carbocycles. The van der Waals surface area contributed by atoms with E-state index in [9.17, 15) is 18.0 Å². The lowest BCUT2D eigenvalue weighted by molar-refractivity contribution is -0.129. The van der Waals surface area contributed by atoms with Gasteiger partial charge in [-0.15, -0.1) is 11.8 Å². The van der Waals surface area contributed by atoms with Crippen LogP contribution in [0.3, 0.4) is 0 Å². The predicted octanol–water partition coefficient (Wildman–Crippen LogP) is 2.31. The van der Waals surface area contributed by atoms with E-state index in [2.05, 4.69) is 0 Å². The maximum absolute atomic E-state index is 13.2. The number of hydrogen-bond acceptors (Lipinski definition) is 7. The molecule has 2 aromatic rings. The van der Waals surface area contributed by atoms with Gasteiger partial charge in [-0.2, -0.15) is 4.31 Å². The Morgan fingerprint density at radius 2 is 1.70 bits per heavy atom. The molecule has 1 aromatic heterocycles. The number of esters is 1. The topological polar surface area (TPSA) is 97.1 Å². The molecule has 0 unspecified atom stereocenters. The van der Waals surface area contributed by atoms with Crippen molar-refractivity contribution in [1.29, 1.82) is 0 Å². The molecule has 1 aromatic carbocycles. The van der Waals surface area contributed by atoms with Gasteiger partial charge in [-0.05, 0) is 26.0 Å². The summed E-state index contributed by atoms with van der Waals surface area (Å²) in [6.07, 6.45) is 0. The van der Waals surface area contributed by atoms with Crippen molar-refractivity contribution in [3.8, 4) is 0 Å². The Labute approximate surface area is 180 Å². The number of methoxy groups -OCH3 is 1. The molecule has 0 atom stereocenters. The molecule has 162 valence electrons. The van der Waals surface area contributed by atoms with Crippen molar-refractivity contribution in [3.63, 3.8) is 0 Å². The minimum Gasteiger partial charge on any atom is -0.465 e. The van der Waals surface area contributed by atoms with E-state index in [1.165, 1.54) is 37.0 Å². The van der Waals surface area contributed by atoms with Crippen molar-refractivity contribution in [2.24, 2.45) is 0 Å². The third kappa shape index (κ3) is 4.55. The Bertz CT molecular complexity index is 1030. The molecular formula is C20H24N2O6S2. The summed E-state index contributed by atoms with van der Waals surface area (Å²) in [4.78, 5) is 27.1. The highest BCUT2D eigenvalue weighted by Gasteiger charge is 2.37. The molecule has 1 amide bonds. The minimum absolute atomic E-state index is 0.0357. The fourth-order valence-electron chi connectivity index (χ4n) is 3.37. The van der Waals surface area contributed by atoms with Crippen LogP contribution in [-0.4, -0.2) is 68.5 Å². The lowest BCUT2D eigenvalue weighted by Crippen LogP contribution is -2.51. The van der Waals surface area contributed by atoms with Gasteiger partial charge in [-0.25, -0.2) is 13.2 Å². The van der Waals surface area contributed by atoms with Crippen molar-refractivity contribution in [3.05, 3.63) is 47.4 Å². The largest absolute Gasteiger partial charge is 0.465 e. The van der Waals surface area contributed by atoms with Gasteiger partial charge in [0.2, 0.25) is 15.9 Å². The molecule has 0 bridgehead atoms. The zero-order valence-electron chi connectivity index (χ0n) is 17.1. The summed E-state index contributed by atoms with van der Waals surface area (Å²) in [5.41, 5.74) is -0.0761. The summed E-state index contributed by atoms with van der Waals surface area (Å²) in [6.45, 7) is 3.91. The van der Waals surface area contributed by atoms with Crippen LogP contribution in [0.5, 0.6) is 0 Å². The van der Waals surface area contributed by atoms with Crippen molar-refractivity contribution >= 4 is 33.7 Å². The number of ether oxygens (including phenoxy) is 1. The lowest BCUT2D eigenvalue weighted by Gasteiger charge is -2.34. The zero-order chi connectivity index (χ0) is 21.9. The summed E-state index contributed by atoms with van der Waals surface area (Å²) in [5.74, 6) is -0.153. The Morgan fingerprint density at radius 1 is 1.07 bits per heavy atom. The second kappa shape index (κ2) is 9.23. The van der Waals surface area contributed by atoms with Crippen LogP contribution in [0.2, 0.25) is 0 Å². The van der Waals surface area contributed by atoms with Crippen LogP contribution in [0.1, 0.15) is 21.9 Å². The zero-order valence-corrected chi connectivity index (χ0v) is 18.7. The van der Waals surface area contributed by atoms with Crippen LogP contribution in [0.15, 0.2) is 44.5 Å². The standard InChI is InChI=1S/C20H24N2O6S2/c1-14-18(20(24)27-3)19(15(2)28-14)30(25,26)22-11-9-21(10-12-22)17(23)13-29-16-7-5-4-6-8-16/h4-8H,9-13H2,1-3H3. The number of aryl methyl sites for hydroxylation is 2. The average molecular weight is 453 g/mol. The molecule has 1 saturated heterocycles. The summed E-state index contributed by atoms with van der Waals surface area (Å²) in [5, 5.41) is 0. The summed E-state index contributed by atoms with van der Waals surface area (Å²) < 4.78 is 37.8. The SMILES string of the molecule is COC(=O)c1c(C)oc(C)c1S(=O)(=O)N1CCN(C(=O)CSc2ccccc2)CC1. The van der Waals surface area contributed by atoms with Gasteiger partial charge in [0.05, 0.1) is 12.9 Å². The van der Waals surface area contributed by atoms with Crippen molar-refractivity contribution < 1.29 is 27.2 Å². The number of hydrogen-bond donors (Lipinski definition) is 0. The average Bonchev–Trinajstić information content (AvgIpc) is 3.06. The normalized spacial score (nSPS) is 15.2. The molecule has 3 rings (SSSR count). The minimum atomic E-state index is -3.97. The summed E-state index contributed by atoms with van der Waals surface area (Å²) in [6, 6.07) is 9.63. The van der Waals surface area contributed by atoms with Gasteiger partial charge in [0.15, 0.2) is 0 Å². The van der Waals surface area contributed by atoms with Crippen LogP contribution in [0.25, 0.3) is 0 Å². The van der Waals surface area contributed by atoms with E-state index in [0.29, 0.717) is 5.75 Å². The first kappa shape index (κ1) is 22.4. The monoisotopic (exact) mass is 452 g/mol. The van der Waals surface area contributed by atoms with Gasteiger partial charge in [0.25, 0.3) is 0 Å². The molecule has 1 aliphatic heterocycles. The quantitative estimate of drug-likeness (QED) is 0.490. The van der Waals surface area contributed by atoms with Gasteiger partial charge in [0.1, 0.15) is 22.0 Å². The van der Waals surface area contributed by atoms with E-state index >= 15 is 0 Å². The number of piperazine rings is 1. The van der Waals surface area contributed by atoms with E-state index in [-0.39, 0.29) is 54.1 Å². The van der Waals surface area contributed by atoms with E-state index in [1.807, 2.05) is 30.3 Å². The van der Waals surface area contributed by atoms with Crippen LogP contribution < -0.4 is 0 Å². The second-order valence-corrected chi connectivity index (χ2v) is 9.72. The number of benzene rings is 1. The molecule has 30 heavy (non-hydrogen) atoms. The molecule has 2 heterocycles. The highest BCUT2D eigenvalue weighted by Crippen LogP contribution is 2.30. The first-order chi connectivity index (χ1) is 14.3. The molecule has 8 nitrogen and oxygen atoms in total. The van der Waals surface area contributed by atoms with Gasteiger partial charge in [-0.1, -0.05) is 18.2 Å². The molecule has 1 aliphatic rings. The maximum Gasteiger partial charge on any atom is 0.342 e. The van der Waals surface area contributed by atoms with Gasteiger partial charge in [0, 0.05) is 31.1 Å². The molecule has 10 heteroatoms. The van der Waals surface area contributed by atoms with Crippen LogP contribution >= 0.6 is 11.8 Å². The number of carbonyl (C=O) groups excluding carboxylic acids is 2. The van der Waals surface area contributed by atoms with E-state index < -0.39 is 16.0 Å². The number of rotatable bonds is 6. The fraction of sp³-hybridized carbons (Fsp3) is 0.400. The number of nitrogens with zero attached hydrogens (tertiary/aromatic N) is 2. The Kier molecular flexibility index (Phi) is 6.89.